The second-order valence-electron chi connectivity index (χ2n) is 2.52. The first-order chi connectivity index (χ1) is 7.15. The predicted octanol–water partition coefficient (Wildman–Crippen LogP) is 2.23. The molecular formula is C9H9NO4S. The zero-order chi connectivity index (χ0) is 11.3. The summed E-state index contributed by atoms with van der Waals surface area (Å²) in [7, 11) is 0. The summed E-state index contributed by atoms with van der Waals surface area (Å²) in [4.78, 5) is 21.0. The summed E-state index contributed by atoms with van der Waals surface area (Å²) in [6.45, 7) is 1.98. The highest BCUT2D eigenvalue weighted by Crippen LogP contribution is 2.26. The zero-order valence-corrected chi connectivity index (χ0v) is 8.82. The average molecular weight is 227 g/mol. The minimum Gasteiger partial charge on any atom is -0.463 e. The maximum Gasteiger partial charge on any atom is 0.331 e. The van der Waals surface area contributed by atoms with Crippen LogP contribution in [-0.4, -0.2) is 17.5 Å². The van der Waals surface area contributed by atoms with Crippen LogP contribution in [0.4, 0.5) is 5.00 Å². The van der Waals surface area contributed by atoms with Gasteiger partial charge in [0.1, 0.15) is 0 Å². The predicted molar refractivity (Wildman–Crippen MR) is 56.6 cm³/mol. The Hall–Kier alpha value is -1.69. The number of thiophene rings is 1. The van der Waals surface area contributed by atoms with Gasteiger partial charge in [0.15, 0.2) is 0 Å². The number of hydrogen-bond acceptors (Lipinski definition) is 5. The molecule has 0 aromatic carbocycles. The quantitative estimate of drug-likeness (QED) is 0.342. The largest absolute Gasteiger partial charge is 0.463 e. The average Bonchev–Trinajstić information content (AvgIpc) is 2.63. The third-order valence-corrected chi connectivity index (χ3v) is 2.41. The summed E-state index contributed by atoms with van der Waals surface area (Å²) in [6, 6.07) is 1.58. The second kappa shape index (κ2) is 5.26. The molecule has 0 unspecified atom stereocenters. The molecule has 0 saturated heterocycles. The number of hydrogen-bond donors (Lipinski definition) is 0. The minimum atomic E-state index is -0.502. The van der Waals surface area contributed by atoms with Gasteiger partial charge in [0.05, 0.1) is 17.1 Å². The van der Waals surface area contributed by atoms with Crippen LogP contribution in [0.1, 0.15) is 12.5 Å². The molecule has 0 aliphatic heterocycles. The van der Waals surface area contributed by atoms with E-state index in [1.165, 1.54) is 12.2 Å². The summed E-state index contributed by atoms with van der Waals surface area (Å²) in [5.74, 6) is -0.502. The molecule has 0 amide bonds. The number of nitrogens with zero attached hydrogens (tertiary/aromatic N) is 1. The van der Waals surface area contributed by atoms with Crippen LogP contribution in [-0.2, 0) is 9.53 Å². The first-order valence-electron chi connectivity index (χ1n) is 4.22. The molecule has 0 saturated carbocycles. The molecule has 15 heavy (non-hydrogen) atoms. The minimum absolute atomic E-state index is 0.0237. The lowest BCUT2D eigenvalue weighted by atomic mass is 10.3. The molecule has 0 bridgehead atoms. The molecular weight excluding hydrogens is 218 g/mol. The van der Waals surface area contributed by atoms with Crippen molar-refractivity contribution in [3.05, 3.63) is 33.2 Å². The first kappa shape index (κ1) is 11.4. The fourth-order valence-corrected chi connectivity index (χ4v) is 1.64. The first-order valence-corrected chi connectivity index (χ1v) is 5.09. The summed E-state index contributed by atoms with van der Waals surface area (Å²) < 4.78 is 4.65. The Bertz CT molecular complexity index is 397. The van der Waals surface area contributed by atoms with E-state index in [2.05, 4.69) is 4.74 Å². The third-order valence-electron chi connectivity index (χ3n) is 1.53. The highest BCUT2D eigenvalue weighted by atomic mass is 32.1. The summed E-state index contributed by atoms with van der Waals surface area (Å²) in [6.07, 6.45) is 2.56. The van der Waals surface area contributed by atoms with Crippen LogP contribution in [0, 0.1) is 10.1 Å². The van der Waals surface area contributed by atoms with Gasteiger partial charge in [0.2, 0.25) is 0 Å². The molecule has 80 valence electrons. The molecule has 1 aromatic heterocycles. The van der Waals surface area contributed by atoms with E-state index in [1.54, 1.807) is 18.4 Å². The van der Waals surface area contributed by atoms with E-state index in [0.717, 1.165) is 11.3 Å². The molecule has 1 aromatic rings. The van der Waals surface area contributed by atoms with Crippen LogP contribution in [0.5, 0.6) is 0 Å². The summed E-state index contributed by atoms with van der Waals surface area (Å²) >= 11 is 1.02. The Morgan fingerprint density at radius 1 is 1.73 bits per heavy atom. The highest BCUT2D eigenvalue weighted by molar-refractivity contribution is 7.13. The molecule has 1 rings (SSSR count). The van der Waals surface area contributed by atoms with Crippen molar-refractivity contribution < 1.29 is 14.5 Å². The normalized spacial score (nSPS) is 10.5. The van der Waals surface area contributed by atoms with Gasteiger partial charge in [0, 0.05) is 6.08 Å². The van der Waals surface area contributed by atoms with Crippen LogP contribution >= 0.6 is 11.3 Å². The van der Waals surface area contributed by atoms with Gasteiger partial charge in [0.25, 0.3) is 0 Å². The SMILES string of the molecule is CCOC(=O)/C=C/c1ccsc1[N+](=O)[O-]. The van der Waals surface area contributed by atoms with E-state index in [1.807, 2.05) is 0 Å². The lowest BCUT2D eigenvalue weighted by Crippen LogP contribution is -1.98. The van der Waals surface area contributed by atoms with Crippen molar-refractivity contribution in [3.63, 3.8) is 0 Å². The fourth-order valence-electron chi connectivity index (χ4n) is 0.935. The van der Waals surface area contributed by atoms with E-state index in [-0.39, 0.29) is 11.6 Å². The van der Waals surface area contributed by atoms with Gasteiger partial charge in [-0.15, -0.1) is 0 Å². The van der Waals surface area contributed by atoms with E-state index in [9.17, 15) is 14.9 Å². The maximum atomic E-state index is 10.9. The van der Waals surface area contributed by atoms with Crippen LogP contribution in [0.2, 0.25) is 0 Å². The lowest BCUT2D eigenvalue weighted by molar-refractivity contribution is -0.380. The number of nitro groups is 1. The zero-order valence-electron chi connectivity index (χ0n) is 8.00. The number of carbonyl (C=O) groups excluding carboxylic acids is 1. The smallest absolute Gasteiger partial charge is 0.331 e. The molecule has 0 radical (unpaired) electrons. The molecule has 0 atom stereocenters. The van der Waals surface area contributed by atoms with Crippen molar-refractivity contribution in [1.29, 1.82) is 0 Å². The molecule has 0 aliphatic rings. The fraction of sp³-hybridized carbons (Fsp3) is 0.222. The standard InChI is InChI=1S/C9H9NO4S/c1-2-14-8(11)4-3-7-5-6-15-9(7)10(12)13/h3-6H,2H2,1H3/b4-3+. The van der Waals surface area contributed by atoms with Gasteiger partial charge in [-0.05, 0) is 24.4 Å². The van der Waals surface area contributed by atoms with E-state index in [0.29, 0.717) is 5.56 Å². The van der Waals surface area contributed by atoms with Crippen molar-refractivity contribution >= 4 is 28.4 Å². The number of rotatable bonds is 4. The molecule has 5 nitrogen and oxygen atoms in total. The second-order valence-corrected chi connectivity index (χ2v) is 3.42. The Balaban J connectivity index is 2.76. The van der Waals surface area contributed by atoms with Crippen molar-refractivity contribution in [2.75, 3.05) is 6.61 Å². The van der Waals surface area contributed by atoms with E-state index < -0.39 is 10.9 Å². The van der Waals surface area contributed by atoms with Gasteiger partial charge in [-0.2, -0.15) is 0 Å². The molecule has 0 fully saturated rings. The van der Waals surface area contributed by atoms with Gasteiger partial charge >= 0.3 is 11.0 Å². The molecule has 0 N–H and O–H groups in total. The molecule has 1 heterocycles. The van der Waals surface area contributed by atoms with Crippen LogP contribution < -0.4 is 0 Å². The van der Waals surface area contributed by atoms with Crippen molar-refractivity contribution in [3.8, 4) is 0 Å². The topological polar surface area (TPSA) is 69.4 Å². The Morgan fingerprint density at radius 2 is 2.47 bits per heavy atom. The maximum absolute atomic E-state index is 10.9. The van der Waals surface area contributed by atoms with Gasteiger partial charge in [-0.1, -0.05) is 11.3 Å². The van der Waals surface area contributed by atoms with Crippen molar-refractivity contribution in [2.45, 2.75) is 6.92 Å². The third kappa shape index (κ3) is 3.17. The van der Waals surface area contributed by atoms with Gasteiger partial charge in [-0.3, -0.25) is 10.1 Å². The lowest BCUT2D eigenvalue weighted by Gasteiger charge is -1.93. The monoisotopic (exact) mass is 227 g/mol. The Morgan fingerprint density at radius 3 is 3.07 bits per heavy atom. The van der Waals surface area contributed by atoms with Crippen molar-refractivity contribution in [2.24, 2.45) is 0 Å². The number of ether oxygens (including phenoxy) is 1. The van der Waals surface area contributed by atoms with Crippen LogP contribution in [0.15, 0.2) is 17.5 Å². The van der Waals surface area contributed by atoms with Gasteiger partial charge < -0.3 is 4.74 Å². The van der Waals surface area contributed by atoms with Crippen LogP contribution in [0.25, 0.3) is 6.08 Å². The highest BCUT2D eigenvalue weighted by Gasteiger charge is 2.12. The molecule has 6 heteroatoms. The van der Waals surface area contributed by atoms with E-state index in [4.69, 9.17) is 0 Å². The Kier molecular flexibility index (Phi) is 3.99. The van der Waals surface area contributed by atoms with E-state index >= 15 is 0 Å². The van der Waals surface area contributed by atoms with Crippen molar-refractivity contribution in [1.82, 2.24) is 0 Å². The summed E-state index contributed by atoms with van der Waals surface area (Å²) in [5.41, 5.74) is 0.415. The van der Waals surface area contributed by atoms with Crippen LogP contribution in [0.3, 0.4) is 0 Å². The van der Waals surface area contributed by atoms with Gasteiger partial charge in [-0.25, -0.2) is 4.79 Å². The number of carbonyl (C=O) groups is 1. The molecule has 0 spiro atoms. The Labute approximate surface area is 90.1 Å². The number of esters is 1. The molecule has 0 aliphatic carbocycles. The summed E-state index contributed by atoms with van der Waals surface area (Å²) in [5, 5.41) is 12.1.